The molecule has 0 bridgehead atoms. The van der Waals surface area contributed by atoms with Gasteiger partial charge in [0.25, 0.3) is 0 Å². The summed E-state index contributed by atoms with van der Waals surface area (Å²) in [5.74, 6) is -0.435. The van der Waals surface area contributed by atoms with Gasteiger partial charge < -0.3 is 14.0 Å². The molecule has 1 aliphatic rings. The minimum absolute atomic E-state index is 0.292. The maximum Gasteiger partial charge on any atom is 0.168 e. The summed E-state index contributed by atoms with van der Waals surface area (Å²) in [6.07, 6.45) is 4.07. The van der Waals surface area contributed by atoms with Gasteiger partial charge in [0.2, 0.25) is 0 Å². The highest BCUT2D eigenvalue weighted by molar-refractivity contribution is 7.91. The zero-order chi connectivity index (χ0) is 12.9. The molecule has 1 saturated heterocycles. The van der Waals surface area contributed by atoms with E-state index in [-0.39, 0.29) is 4.75 Å². The fourth-order valence-corrected chi connectivity index (χ4v) is 2.14. The number of ether oxygens (including phenoxy) is 2. The minimum atomic E-state index is -1.17. The van der Waals surface area contributed by atoms with Gasteiger partial charge in [0.15, 0.2) is 5.79 Å². The van der Waals surface area contributed by atoms with Gasteiger partial charge >= 0.3 is 0 Å². The largest absolute Gasteiger partial charge is 0.591 e. The normalized spacial score (nSPS) is 22.2. The molecule has 1 aliphatic heterocycles. The van der Waals surface area contributed by atoms with E-state index in [4.69, 9.17) is 9.47 Å². The van der Waals surface area contributed by atoms with E-state index in [9.17, 15) is 4.55 Å². The van der Waals surface area contributed by atoms with Crippen molar-refractivity contribution in [2.75, 3.05) is 13.2 Å². The summed E-state index contributed by atoms with van der Waals surface area (Å²) in [6, 6.07) is 0. The van der Waals surface area contributed by atoms with Crippen molar-refractivity contribution < 1.29 is 14.0 Å². The van der Waals surface area contributed by atoms with Crippen LogP contribution in [0.4, 0.5) is 0 Å². The van der Waals surface area contributed by atoms with Gasteiger partial charge in [-0.2, -0.15) is 0 Å². The molecule has 0 aliphatic carbocycles. The Kier molecular flexibility index (Phi) is 5.44. The van der Waals surface area contributed by atoms with Crippen molar-refractivity contribution in [3.63, 3.8) is 0 Å². The van der Waals surface area contributed by atoms with Crippen LogP contribution < -0.4 is 0 Å². The average molecular weight is 261 g/mol. The van der Waals surface area contributed by atoms with Gasteiger partial charge in [0.05, 0.1) is 19.4 Å². The van der Waals surface area contributed by atoms with Crippen LogP contribution in [0.3, 0.4) is 0 Å². The van der Waals surface area contributed by atoms with Gasteiger partial charge in [0, 0.05) is 6.42 Å². The summed E-state index contributed by atoms with van der Waals surface area (Å²) in [7, 11) is 0. The quantitative estimate of drug-likeness (QED) is 0.564. The van der Waals surface area contributed by atoms with Crippen molar-refractivity contribution in [2.24, 2.45) is 4.40 Å². The van der Waals surface area contributed by atoms with E-state index in [0.29, 0.717) is 13.2 Å². The lowest BCUT2D eigenvalue weighted by atomic mass is 10.1. The molecule has 0 unspecified atom stereocenters. The predicted molar refractivity (Wildman–Crippen MR) is 70.5 cm³/mol. The molecule has 1 fully saturated rings. The van der Waals surface area contributed by atoms with Crippen LogP contribution in [0.15, 0.2) is 4.40 Å². The van der Waals surface area contributed by atoms with Crippen LogP contribution in [0, 0.1) is 0 Å². The van der Waals surface area contributed by atoms with Crippen molar-refractivity contribution in [1.29, 1.82) is 0 Å². The smallest absolute Gasteiger partial charge is 0.168 e. The number of hydrogen-bond donors (Lipinski definition) is 0. The SMILES string of the molecule is CCC1(CC/C=N\[S@@+]([O-])C(C)(C)C)OCCO1. The highest BCUT2D eigenvalue weighted by atomic mass is 32.2. The van der Waals surface area contributed by atoms with Crippen LogP contribution in [0.2, 0.25) is 0 Å². The Hall–Kier alpha value is -0.100. The van der Waals surface area contributed by atoms with Crippen LogP contribution in [0.5, 0.6) is 0 Å². The lowest BCUT2D eigenvalue weighted by Gasteiger charge is -2.25. The summed E-state index contributed by atoms with van der Waals surface area (Å²) in [4.78, 5) is 0. The summed E-state index contributed by atoms with van der Waals surface area (Å²) in [6.45, 7) is 9.12. The van der Waals surface area contributed by atoms with E-state index in [1.807, 2.05) is 20.8 Å². The maximum atomic E-state index is 11.7. The van der Waals surface area contributed by atoms with Crippen molar-refractivity contribution in [3.05, 3.63) is 0 Å². The molecule has 17 heavy (non-hydrogen) atoms. The third kappa shape index (κ3) is 4.58. The Morgan fingerprint density at radius 2 is 1.94 bits per heavy atom. The first-order valence-electron chi connectivity index (χ1n) is 6.12. The van der Waals surface area contributed by atoms with Gasteiger partial charge in [-0.25, -0.2) is 0 Å². The van der Waals surface area contributed by atoms with E-state index in [0.717, 1.165) is 19.3 Å². The molecule has 0 N–H and O–H groups in total. The topological polar surface area (TPSA) is 53.9 Å². The molecule has 5 heteroatoms. The Morgan fingerprint density at radius 3 is 2.41 bits per heavy atom. The van der Waals surface area contributed by atoms with Crippen LogP contribution in [0.1, 0.15) is 47.0 Å². The lowest BCUT2D eigenvalue weighted by Crippen LogP contribution is -2.29. The number of hydrogen-bond acceptors (Lipinski definition) is 4. The summed E-state index contributed by atoms with van der Waals surface area (Å²) in [5.41, 5.74) is 0. The minimum Gasteiger partial charge on any atom is -0.591 e. The van der Waals surface area contributed by atoms with Crippen LogP contribution in [-0.2, 0) is 20.8 Å². The second-order valence-corrected chi connectivity index (χ2v) is 7.08. The van der Waals surface area contributed by atoms with Gasteiger partial charge in [-0.15, -0.1) is 0 Å². The Bertz CT molecular complexity index is 257. The predicted octanol–water partition coefficient (Wildman–Crippen LogP) is 2.45. The van der Waals surface area contributed by atoms with Crippen molar-refractivity contribution in [2.45, 2.75) is 57.5 Å². The van der Waals surface area contributed by atoms with Gasteiger partial charge in [0.1, 0.15) is 16.1 Å². The molecule has 100 valence electrons. The first kappa shape index (κ1) is 15.0. The molecule has 1 atom stereocenters. The van der Waals surface area contributed by atoms with Crippen LogP contribution in [0.25, 0.3) is 0 Å². The molecule has 0 saturated carbocycles. The van der Waals surface area contributed by atoms with E-state index in [1.165, 1.54) is 0 Å². The summed E-state index contributed by atoms with van der Waals surface area (Å²) >= 11 is -1.17. The Morgan fingerprint density at radius 1 is 1.35 bits per heavy atom. The highest BCUT2D eigenvalue weighted by Crippen LogP contribution is 2.28. The van der Waals surface area contributed by atoms with Gasteiger partial charge in [-0.05, 0) is 33.6 Å². The summed E-state index contributed by atoms with van der Waals surface area (Å²) in [5, 5.41) is 0. The van der Waals surface area contributed by atoms with E-state index >= 15 is 0 Å². The Balaban J connectivity index is 2.34. The molecule has 0 amide bonds. The molecule has 4 nitrogen and oxygen atoms in total. The number of rotatable bonds is 5. The maximum absolute atomic E-state index is 11.7. The third-order valence-corrected chi connectivity index (χ3v) is 4.09. The molecule has 0 aromatic heterocycles. The van der Waals surface area contributed by atoms with E-state index in [2.05, 4.69) is 11.3 Å². The zero-order valence-electron chi connectivity index (χ0n) is 11.2. The molecular formula is C12H23NO3S. The molecule has 0 aromatic carbocycles. The Labute approximate surface area is 107 Å². The molecule has 0 spiro atoms. The van der Waals surface area contributed by atoms with Crippen LogP contribution in [-0.4, -0.2) is 34.5 Å². The molecule has 1 rings (SSSR count). The molecule has 0 radical (unpaired) electrons. The summed E-state index contributed by atoms with van der Waals surface area (Å²) < 4.78 is 26.6. The van der Waals surface area contributed by atoms with Gasteiger partial charge in [-0.3, -0.25) is 0 Å². The first-order chi connectivity index (χ1) is 7.90. The number of nitrogens with zero attached hydrogens (tertiary/aromatic N) is 1. The van der Waals surface area contributed by atoms with Gasteiger partial charge in [-0.1, -0.05) is 11.3 Å². The van der Waals surface area contributed by atoms with Crippen molar-refractivity contribution in [1.82, 2.24) is 0 Å². The average Bonchev–Trinajstić information content (AvgIpc) is 2.72. The second kappa shape index (κ2) is 6.18. The molecule has 0 aromatic rings. The second-order valence-electron chi connectivity index (χ2n) is 5.15. The van der Waals surface area contributed by atoms with Crippen molar-refractivity contribution in [3.8, 4) is 0 Å². The third-order valence-electron chi connectivity index (χ3n) is 2.70. The lowest BCUT2D eigenvalue weighted by molar-refractivity contribution is -0.162. The molecule has 1 heterocycles. The van der Waals surface area contributed by atoms with E-state index < -0.39 is 17.1 Å². The highest BCUT2D eigenvalue weighted by Gasteiger charge is 2.33. The van der Waals surface area contributed by atoms with Crippen molar-refractivity contribution >= 4 is 17.6 Å². The van der Waals surface area contributed by atoms with E-state index in [1.54, 1.807) is 6.21 Å². The fourth-order valence-electron chi connectivity index (χ4n) is 1.59. The zero-order valence-corrected chi connectivity index (χ0v) is 12.0. The first-order valence-corrected chi connectivity index (χ1v) is 7.23. The van der Waals surface area contributed by atoms with Crippen LogP contribution >= 0.6 is 0 Å². The standard InChI is InChI=1S/C12H23NO3S/c1-5-12(15-9-10-16-12)7-6-8-13-17(14)11(2,3)4/h8H,5-7,9-10H2,1-4H3/b13-8-/t17-/m0/s1. The fraction of sp³-hybridized carbons (Fsp3) is 0.917. The molecular weight excluding hydrogens is 238 g/mol. The monoisotopic (exact) mass is 261 g/mol.